The van der Waals surface area contributed by atoms with Gasteiger partial charge in [0.1, 0.15) is 11.5 Å². The van der Waals surface area contributed by atoms with Gasteiger partial charge in [0, 0.05) is 11.1 Å². The molecule has 2 aromatic rings. The normalized spacial score (nSPS) is 12.0. The lowest BCUT2D eigenvalue weighted by Crippen LogP contribution is -2.02. The molecule has 148 valence electrons. The van der Waals surface area contributed by atoms with Crippen molar-refractivity contribution >= 4 is 15.6 Å². The molecular weight excluding hydrogens is 398 g/mol. The van der Waals surface area contributed by atoms with Crippen molar-refractivity contribution < 1.29 is 41.7 Å². The lowest BCUT2D eigenvalue weighted by atomic mass is 10.2. The van der Waals surface area contributed by atoms with Crippen LogP contribution in [0.25, 0.3) is 0 Å². The lowest BCUT2D eigenvalue weighted by Gasteiger charge is -2.19. The summed E-state index contributed by atoms with van der Waals surface area (Å²) in [5.74, 6) is 0.898. The standard InChI is InChI=1S/C16H20O9P2/c1-21-15-9-5-3-7-13(15)11-23-27(20,25-26(17,18)19)24-12-14-8-4-6-10-16(14)22-2/h3-10H,11-12H2,1-2H3,(H2,17,18,19). The predicted octanol–water partition coefficient (Wildman–Crippen LogP) is 3.65. The number of para-hydroxylation sites is 2. The molecule has 0 aliphatic carbocycles. The Morgan fingerprint density at radius 3 is 1.56 bits per heavy atom. The molecular formula is C16H20O9P2. The van der Waals surface area contributed by atoms with Gasteiger partial charge in [-0.1, -0.05) is 36.4 Å². The molecule has 9 nitrogen and oxygen atoms in total. The molecule has 0 bridgehead atoms. The minimum Gasteiger partial charge on any atom is -0.496 e. The Morgan fingerprint density at radius 1 is 0.778 bits per heavy atom. The van der Waals surface area contributed by atoms with Gasteiger partial charge < -0.3 is 19.3 Å². The molecule has 0 fully saturated rings. The summed E-state index contributed by atoms with van der Waals surface area (Å²) in [6, 6.07) is 13.4. The summed E-state index contributed by atoms with van der Waals surface area (Å²) in [4.78, 5) is 18.1. The van der Waals surface area contributed by atoms with Gasteiger partial charge in [-0.15, -0.1) is 0 Å². The summed E-state index contributed by atoms with van der Waals surface area (Å²) in [6.45, 7) is -0.625. The number of phosphoric ester groups is 1. The van der Waals surface area contributed by atoms with Crippen LogP contribution in [-0.2, 0) is 35.7 Å². The number of phosphoric acid groups is 2. The molecule has 0 amide bonds. The Hall–Kier alpha value is -1.70. The van der Waals surface area contributed by atoms with Crippen molar-refractivity contribution in [1.29, 1.82) is 0 Å². The third-order valence-electron chi connectivity index (χ3n) is 3.35. The van der Waals surface area contributed by atoms with Crippen molar-refractivity contribution in [2.75, 3.05) is 14.2 Å². The fourth-order valence-electron chi connectivity index (χ4n) is 2.16. The van der Waals surface area contributed by atoms with Crippen molar-refractivity contribution in [2.24, 2.45) is 0 Å². The average molecular weight is 418 g/mol. The van der Waals surface area contributed by atoms with Crippen LogP contribution in [0.15, 0.2) is 48.5 Å². The molecule has 0 spiro atoms. The van der Waals surface area contributed by atoms with E-state index < -0.39 is 15.6 Å². The summed E-state index contributed by atoms with van der Waals surface area (Å²) in [5, 5.41) is 0. The van der Waals surface area contributed by atoms with Gasteiger partial charge in [-0.3, -0.25) is 9.05 Å². The van der Waals surface area contributed by atoms with Gasteiger partial charge in [0.15, 0.2) is 0 Å². The molecule has 0 aromatic heterocycles. The van der Waals surface area contributed by atoms with E-state index in [9.17, 15) is 9.13 Å². The lowest BCUT2D eigenvalue weighted by molar-refractivity contribution is 0.127. The zero-order valence-electron chi connectivity index (χ0n) is 14.7. The Labute approximate surface area is 156 Å². The van der Waals surface area contributed by atoms with E-state index in [1.54, 1.807) is 48.5 Å². The largest absolute Gasteiger partial charge is 0.496 e. The Bertz CT molecular complexity index is 794. The zero-order chi connectivity index (χ0) is 19.9. The number of benzene rings is 2. The fraction of sp³-hybridized carbons (Fsp3) is 0.250. The van der Waals surface area contributed by atoms with E-state index >= 15 is 0 Å². The summed E-state index contributed by atoms with van der Waals surface area (Å²) < 4.78 is 48.8. The first-order valence-corrected chi connectivity index (χ1v) is 10.7. The summed E-state index contributed by atoms with van der Waals surface area (Å²) in [7, 11) is -6.86. The van der Waals surface area contributed by atoms with Crippen molar-refractivity contribution in [3.63, 3.8) is 0 Å². The highest BCUT2D eigenvalue weighted by Gasteiger charge is 2.36. The molecule has 11 heteroatoms. The van der Waals surface area contributed by atoms with Crippen molar-refractivity contribution in [3.05, 3.63) is 59.7 Å². The zero-order valence-corrected chi connectivity index (χ0v) is 16.5. The maximum atomic E-state index is 12.7. The second kappa shape index (κ2) is 9.48. The van der Waals surface area contributed by atoms with Crippen molar-refractivity contribution in [3.8, 4) is 11.5 Å². The second-order valence-electron chi connectivity index (χ2n) is 5.19. The maximum Gasteiger partial charge on any atom is 0.484 e. The van der Waals surface area contributed by atoms with Crippen LogP contribution < -0.4 is 9.47 Å². The molecule has 0 radical (unpaired) electrons. The second-order valence-corrected chi connectivity index (χ2v) is 8.24. The molecule has 0 unspecified atom stereocenters. The van der Waals surface area contributed by atoms with Crippen LogP contribution >= 0.6 is 15.6 Å². The SMILES string of the molecule is COc1ccccc1COP(=O)(OCc1ccccc1OC)OP(=O)(O)O. The van der Waals surface area contributed by atoms with Crippen LogP contribution in [-0.4, -0.2) is 24.0 Å². The highest BCUT2D eigenvalue weighted by molar-refractivity contribution is 7.61. The molecule has 0 saturated carbocycles. The van der Waals surface area contributed by atoms with Crippen LogP contribution in [0.5, 0.6) is 11.5 Å². The summed E-state index contributed by atoms with van der Waals surface area (Å²) in [6.07, 6.45) is 0. The third kappa shape index (κ3) is 6.75. The van der Waals surface area contributed by atoms with Crippen LogP contribution in [0.1, 0.15) is 11.1 Å². The molecule has 0 saturated heterocycles. The molecule has 2 rings (SSSR count). The van der Waals surface area contributed by atoms with Crippen molar-refractivity contribution in [2.45, 2.75) is 13.2 Å². The topological polar surface area (TPSA) is 121 Å². The van der Waals surface area contributed by atoms with Crippen LogP contribution in [0.2, 0.25) is 0 Å². The Morgan fingerprint density at radius 2 is 1.19 bits per heavy atom. The summed E-state index contributed by atoms with van der Waals surface area (Å²) >= 11 is 0. The molecule has 2 aromatic carbocycles. The molecule has 0 aliphatic rings. The van der Waals surface area contributed by atoms with E-state index in [1.807, 2.05) is 0 Å². The van der Waals surface area contributed by atoms with E-state index in [1.165, 1.54) is 14.2 Å². The first-order chi connectivity index (χ1) is 12.8. The number of rotatable bonds is 10. The number of hydrogen-bond acceptors (Lipinski definition) is 7. The fourth-order valence-corrected chi connectivity index (χ4v) is 4.24. The van der Waals surface area contributed by atoms with Gasteiger partial charge >= 0.3 is 15.6 Å². The Kier molecular flexibility index (Phi) is 7.59. The first-order valence-electron chi connectivity index (χ1n) is 7.66. The smallest absolute Gasteiger partial charge is 0.484 e. The molecule has 2 N–H and O–H groups in total. The molecule has 0 aliphatic heterocycles. The first kappa shape index (κ1) is 21.6. The monoisotopic (exact) mass is 418 g/mol. The Balaban J connectivity index is 2.16. The van der Waals surface area contributed by atoms with Crippen LogP contribution in [0, 0.1) is 0 Å². The quantitative estimate of drug-likeness (QED) is 0.557. The van der Waals surface area contributed by atoms with Crippen LogP contribution in [0.4, 0.5) is 0 Å². The van der Waals surface area contributed by atoms with Gasteiger partial charge in [0.2, 0.25) is 0 Å². The summed E-state index contributed by atoms with van der Waals surface area (Å²) in [5.41, 5.74) is 0.992. The van der Waals surface area contributed by atoms with E-state index in [-0.39, 0.29) is 13.2 Å². The van der Waals surface area contributed by atoms with Gasteiger partial charge in [-0.05, 0) is 12.1 Å². The molecule has 27 heavy (non-hydrogen) atoms. The molecule has 0 atom stereocenters. The minimum absolute atomic E-state index is 0.312. The number of ether oxygens (including phenoxy) is 2. The van der Waals surface area contributed by atoms with Gasteiger partial charge in [-0.2, -0.15) is 4.31 Å². The highest BCUT2D eigenvalue weighted by atomic mass is 31.3. The van der Waals surface area contributed by atoms with Gasteiger partial charge in [0.05, 0.1) is 27.4 Å². The van der Waals surface area contributed by atoms with Crippen molar-refractivity contribution in [1.82, 2.24) is 0 Å². The highest BCUT2D eigenvalue weighted by Crippen LogP contribution is 2.62. The molecule has 0 heterocycles. The minimum atomic E-state index is -5.14. The van der Waals surface area contributed by atoms with E-state index in [2.05, 4.69) is 4.31 Å². The van der Waals surface area contributed by atoms with E-state index in [4.69, 9.17) is 28.3 Å². The van der Waals surface area contributed by atoms with Gasteiger partial charge in [0.25, 0.3) is 0 Å². The maximum absolute atomic E-state index is 12.7. The van der Waals surface area contributed by atoms with Gasteiger partial charge in [-0.25, -0.2) is 9.13 Å². The average Bonchev–Trinajstić information content (AvgIpc) is 2.64. The van der Waals surface area contributed by atoms with Crippen LogP contribution in [0.3, 0.4) is 0 Å². The predicted molar refractivity (Wildman–Crippen MR) is 96.3 cm³/mol. The third-order valence-corrected chi connectivity index (χ3v) is 5.89. The van der Waals surface area contributed by atoms with E-state index in [0.29, 0.717) is 22.6 Å². The number of methoxy groups -OCH3 is 2. The number of hydrogen-bond donors (Lipinski definition) is 2. The van der Waals surface area contributed by atoms with E-state index in [0.717, 1.165) is 0 Å².